The number of Topliss-reactive ketones (excluding diaryl/α,β-unsaturated/α-hetero) is 1. The number of hydrogen-bond donors (Lipinski definition) is 0. The SMILES string of the molecule is Cn1c(=O)n(CC2CCC(C(=O)Cc3ccncc3)CC2)c2nc(C3CC3)ccc21. The molecule has 0 spiro atoms. The fraction of sp³-hybridized carbons (Fsp3) is 0.500. The maximum absolute atomic E-state index is 12.9. The van der Waals surface area contributed by atoms with Crippen LogP contribution in [0.5, 0.6) is 0 Å². The molecule has 0 atom stereocenters. The second kappa shape index (κ2) is 7.82. The van der Waals surface area contributed by atoms with Gasteiger partial charge in [0.1, 0.15) is 5.78 Å². The van der Waals surface area contributed by atoms with Crippen LogP contribution < -0.4 is 5.69 Å². The third-order valence-electron chi connectivity index (χ3n) is 6.88. The zero-order chi connectivity index (χ0) is 20.7. The highest BCUT2D eigenvalue weighted by Gasteiger charge is 2.29. The predicted molar refractivity (Wildman–Crippen MR) is 115 cm³/mol. The summed E-state index contributed by atoms with van der Waals surface area (Å²) in [5.41, 5.74) is 3.90. The molecule has 30 heavy (non-hydrogen) atoms. The second-order valence-electron chi connectivity index (χ2n) is 9.02. The van der Waals surface area contributed by atoms with Crippen LogP contribution in [0.1, 0.15) is 55.7 Å². The molecule has 2 saturated carbocycles. The third-order valence-corrected chi connectivity index (χ3v) is 6.88. The monoisotopic (exact) mass is 404 g/mol. The van der Waals surface area contributed by atoms with E-state index in [-0.39, 0.29) is 11.6 Å². The molecule has 0 bridgehead atoms. The van der Waals surface area contributed by atoms with Gasteiger partial charge in [-0.2, -0.15) is 0 Å². The molecule has 0 unspecified atom stereocenters. The number of aromatic nitrogens is 4. The Bertz CT molecular complexity index is 1120. The number of hydrogen-bond acceptors (Lipinski definition) is 4. The van der Waals surface area contributed by atoms with Gasteiger partial charge in [0.15, 0.2) is 5.65 Å². The summed E-state index contributed by atoms with van der Waals surface area (Å²) in [5, 5.41) is 0. The lowest BCUT2D eigenvalue weighted by molar-refractivity contribution is -0.123. The molecule has 3 heterocycles. The van der Waals surface area contributed by atoms with Crippen molar-refractivity contribution in [3.8, 4) is 0 Å². The van der Waals surface area contributed by atoms with Gasteiger partial charge >= 0.3 is 5.69 Å². The lowest BCUT2D eigenvalue weighted by Gasteiger charge is -2.27. The molecule has 0 aromatic carbocycles. The molecule has 0 saturated heterocycles. The first kappa shape index (κ1) is 19.2. The average Bonchev–Trinajstić information content (AvgIpc) is 3.60. The van der Waals surface area contributed by atoms with Crippen LogP contribution in [0.3, 0.4) is 0 Å². The first-order valence-electron chi connectivity index (χ1n) is 11.1. The Morgan fingerprint density at radius 3 is 2.47 bits per heavy atom. The van der Waals surface area contributed by atoms with Gasteiger partial charge < -0.3 is 0 Å². The van der Waals surface area contributed by atoms with Crippen molar-refractivity contribution in [1.82, 2.24) is 19.1 Å². The molecule has 3 aromatic heterocycles. The molecule has 6 nitrogen and oxygen atoms in total. The number of carbonyl (C=O) groups is 1. The molecule has 6 heteroatoms. The molecule has 5 rings (SSSR count). The minimum Gasteiger partial charge on any atom is -0.299 e. The zero-order valence-electron chi connectivity index (χ0n) is 17.5. The van der Waals surface area contributed by atoms with E-state index in [0.717, 1.165) is 48.1 Å². The molecule has 156 valence electrons. The van der Waals surface area contributed by atoms with E-state index in [1.165, 1.54) is 12.8 Å². The van der Waals surface area contributed by atoms with E-state index in [4.69, 9.17) is 4.98 Å². The first-order chi connectivity index (χ1) is 14.6. The van der Waals surface area contributed by atoms with Gasteiger partial charge in [0.05, 0.1) is 5.52 Å². The van der Waals surface area contributed by atoms with Gasteiger partial charge in [0, 0.05) is 49.9 Å². The first-order valence-corrected chi connectivity index (χ1v) is 11.1. The minimum absolute atomic E-state index is 0.0151. The van der Waals surface area contributed by atoms with E-state index < -0.39 is 0 Å². The fourth-order valence-corrected chi connectivity index (χ4v) is 4.83. The van der Waals surface area contributed by atoms with E-state index in [0.29, 0.717) is 30.6 Å². The third kappa shape index (κ3) is 3.71. The van der Waals surface area contributed by atoms with Crippen LogP contribution in [0.2, 0.25) is 0 Å². The van der Waals surface area contributed by atoms with Gasteiger partial charge in [-0.15, -0.1) is 0 Å². The number of aryl methyl sites for hydroxylation is 1. The summed E-state index contributed by atoms with van der Waals surface area (Å²) in [5.74, 6) is 1.46. The summed E-state index contributed by atoms with van der Waals surface area (Å²) in [4.78, 5) is 34.4. The van der Waals surface area contributed by atoms with Crippen molar-refractivity contribution in [2.75, 3.05) is 0 Å². The van der Waals surface area contributed by atoms with Gasteiger partial charge in [-0.05, 0) is 74.3 Å². The molecule has 0 aliphatic heterocycles. The van der Waals surface area contributed by atoms with E-state index in [9.17, 15) is 9.59 Å². The maximum Gasteiger partial charge on any atom is 0.330 e. The predicted octanol–water partition coefficient (Wildman–Crippen LogP) is 3.63. The Morgan fingerprint density at radius 1 is 1.03 bits per heavy atom. The lowest BCUT2D eigenvalue weighted by atomic mass is 9.79. The second-order valence-corrected chi connectivity index (χ2v) is 9.02. The van der Waals surface area contributed by atoms with Crippen molar-refractivity contribution in [3.63, 3.8) is 0 Å². The van der Waals surface area contributed by atoms with Gasteiger partial charge in [-0.1, -0.05) is 0 Å². The van der Waals surface area contributed by atoms with Crippen molar-refractivity contribution in [3.05, 3.63) is 58.4 Å². The molecule has 2 aliphatic rings. The summed E-state index contributed by atoms with van der Waals surface area (Å²) in [6, 6.07) is 7.95. The highest BCUT2D eigenvalue weighted by molar-refractivity contribution is 5.83. The molecule has 3 aromatic rings. The van der Waals surface area contributed by atoms with Gasteiger partial charge in [0.2, 0.25) is 0 Å². The number of carbonyl (C=O) groups excluding carboxylic acids is 1. The lowest BCUT2D eigenvalue weighted by Crippen LogP contribution is -2.29. The maximum atomic E-state index is 12.9. The van der Waals surface area contributed by atoms with Crippen molar-refractivity contribution in [2.24, 2.45) is 18.9 Å². The average molecular weight is 405 g/mol. The fourth-order valence-electron chi connectivity index (χ4n) is 4.83. The van der Waals surface area contributed by atoms with Crippen molar-refractivity contribution < 1.29 is 4.79 Å². The number of rotatable bonds is 6. The summed E-state index contributed by atoms with van der Waals surface area (Å²) in [6.45, 7) is 0.697. The largest absolute Gasteiger partial charge is 0.330 e. The Labute approximate surface area is 176 Å². The molecule has 0 N–H and O–H groups in total. The topological polar surface area (TPSA) is 69.8 Å². The summed E-state index contributed by atoms with van der Waals surface area (Å²) in [6.07, 6.45) is 10.2. The Morgan fingerprint density at radius 2 is 1.77 bits per heavy atom. The van der Waals surface area contributed by atoms with Crippen LogP contribution >= 0.6 is 0 Å². The molecular formula is C24H28N4O2. The zero-order valence-corrected chi connectivity index (χ0v) is 17.5. The molecule has 2 aliphatic carbocycles. The van der Waals surface area contributed by atoms with Crippen LogP contribution in [-0.2, 0) is 24.8 Å². The van der Waals surface area contributed by atoms with Crippen molar-refractivity contribution in [2.45, 2.75) is 57.4 Å². The summed E-state index contributed by atoms with van der Waals surface area (Å²) >= 11 is 0. The quantitative estimate of drug-likeness (QED) is 0.629. The Hall–Kier alpha value is -2.76. The van der Waals surface area contributed by atoms with Crippen LogP contribution in [0.25, 0.3) is 11.2 Å². The van der Waals surface area contributed by atoms with E-state index in [2.05, 4.69) is 11.1 Å². The number of nitrogens with zero attached hydrogens (tertiary/aromatic N) is 4. The minimum atomic E-state index is 0.0151. The number of ketones is 1. The number of fused-ring (bicyclic) bond motifs is 1. The summed E-state index contributed by atoms with van der Waals surface area (Å²) in [7, 11) is 1.83. The molecule has 0 amide bonds. The highest BCUT2D eigenvalue weighted by atomic mass is 16.1. The Kier molecular flexibility index (Phi) is 5.01. The van der Waals surface area contributed by atoms with E-state index in [1.807, 2.05) is 29.8 Å². The standard InChI is InChI=1S/C24H28N4O2/c1-27-21-9-8-20(18-6-7-18)26-23(21)28(24(27)30)15-17-2-4-19(5-3-17)22(29)14-16-10-12-25-13-11-16/h8-13,17-19H,2-7,14-15H2,1H3. The molecular weight excluding hydrogens is 376 g/mol. The van der Waals surface area contributed by atoms with Gasteiger partial charge in [-0.3, -0.25) is 18.9 Å². The van der Waals surface area contributed by atoms with Crippen molar-refractivity contribution in [1.29, 1.82) is 0 Å². The van der Waals surface area contributed by atoms with Gasteiger partial charge in [0.25, 0.3) is 0 Å². The number of imidazole rings is 1. The Balaban J connectivity index is 1.27. The van der Waals surface area contributed by atoms with Crippen molar-refractivity contribution >= 4 is 16.9 Å². The normalized spacial score (nSPS) is 21.8. The smallest absolute Gasteiger partial charge is 0.299 e. The van der Waals surface area contributed by atoms with Crippen LogP contribution in [0, 0.1) is 11.8 Å². The van der Waals surface area contributed by atoms with E-state index >= 15 is 0 Å². The molecule has 2 fully saturated rings. The molecule has 0 radical (unpaired) electrons. The van der Waals surface area contributed by atoms with Crippen LogP contribution in [-0.4, -0.2) is 24.9 Å². The number of pyridine rings is 2. The highest BCUT2D eigenvalue weighted by Crippen LogP contribution is 2.39. The summed E-state index contributed by atoms with van der Waals surface area (Å²) < 4.78 is 3.58. The van der Waals surface area contributed by atoms with Crippen LogP contribution in [0.15, 0.2) is 41.5 Å². The van der Waals surface area contributed by atoms with Gasteiger partial charge in [-0.25, -0.2) is 9.78 Å². The van der Waals surface area contributed by atoms with E-state index in [1.54, 1.807) is 17.0 Å². The van der Waals surface area contributed by atoms with Crippen LogP contribution in [0.4, 0.5) is 0 Å².